The number of aryl methyl sites for hydroxylation is 2. The minimum absolute atomic E-state index is 0.0112. The molecule has 0 fully saturated rings. The van der Waals surface area contributed by atoms with Crippen molar-refractivity contribution in [3.8, 4) is 11.5 Å². The van der Waals surface area contributed by atoms with Gasteiger partial charge in [-0.25, -0.2) is 0 Å². The van der Waals surface area contributed by atoms with Crippen LogP contribution >= 0.6 is 0 Å². The zero-order valence-electron chi connectivity index (χ0n) is 13.9. The third kappa shape index (κ3) is 5.02. The predicted octanol–water partition coefficient (Wildman–Crippen LogP) is 3.05. The average Bonchev–Trinajstić information content (AvgIpc) is 2.53. The number of nitrogens with one attached hydrogen (secondary N) is 1. The molecule has 23 heavy (non-hydrogen) atoms. The van der Waals surface area contributed by atoms with Crippen LogP contribution in [0.4, 0.5) is 0 Å². The van der Waals surface area contributed by atoms with Gasteiger partial charge in [0.25, 0.3) is 0 Å². The fraction of sp³-hybridized carbons (Fsp3) is 0.316. The van der Waals surface area contributed by atoms with Crippen LogP contribution in [-0.2, 0) is 11.2 Å². The van der Waals surface area contributed by atoms with Gasteiger partial charge in [-0.05, 0) is 42.7 Å². The predicted molar refractivity (Wildman–Crippen MR) is 91.1 cm³/mol. The van der Waals surface area contributed by atoms with Gasteiger partial charge in [0, 0.05) is 0 Å². The number of hydrogen-bond donors (Lipinski definition) is 1. The van der Waals surface area contributed by atoms with Crippen molar-refractivity contribution in [2.24, 2.45) is 0 Å². The van der Waals surface area contributed by atoms with Crippen LogP contribution in [0.25, 0.3) is 0 Å². The summed E-state index contributed by atoms with van der Waals surface area (Å²) < 4.78 is 10.9. The summed E-state index contributed by atoms with van der Waals surface area (Å²) in [6, 6.07) is 13.6. The normalized spacial score (nSPS) is 10.2. The molecule has 0 atom stereocenters. The smallest absolute Gasteiger partial charge is 0.224 e. The van der Waals surface area contributed by atoms with E-state index >= 15 is 0 Å². The van der Waals surface area contributed by atoms with E-state index in [9.17, 15) is 4.79 Å². The van der Waals surface area contributed by atoms with E-state index < -0.39 is 0 Å². The van der Waals surface area contributed by atoms with Crippen LogP contribution in [0, 0.1) is 13.8 Å². The SMILES string of the molecule is COc1ccc(CC(=O)NCCOc2ccccc2C)cc1C. The van der Waals surface area contributed by atoms with Crippen molar-refractivity contribution in [1.29, 1.82) is 0 Å². The lowest BCUT2D eigenvalue weighted by molar-refractivity contribution is -0.120. The van der Waals surface area contributed by atoms with E-state index in [1.165, 1.54) is 0 Å². The summed E-state index contributed by atoms with van der Waals surface area (Å²) in [5, 5.41) is 2.87. The molecule has 0 aromatic heterocycles. The Morgan fingerprint density at radius 1 is 1.04 bits per heavy atom. The molecule has 0 saturated heterocycles. The number of hydrogen-bond acceptors (Lipinski definition) is 3. The summed E-state index contributed by atoms with van der Waals surface area (Å²) in [5.74, 6) is 1.68. The van der Waals surface area contributed by atoms with Crippen LogP contribution in [0.15, 0.2) is 42.5 Å². The van der Waals surface area contributed by atoms with E-state index in [0.717, 1.165) is 28.2 Å². The highest BCUT2D eigenvalue weighted by Gasteiger charge is 2.06. The molecule has 1 N–H and O–H groups in total. The van der Waals surface area contributed by atoms with Crippen LogP contribution < -0.4 is 14.8 Å². The fourth-order valence-corrected chi connectivity index (χ4v) is 2.37. The summed E-state index contributed by atoms with van der Waals surface area (Å²) in [5.41, 5.74) is 3.09. The summed E-state index contributed by atoms with van der Waals surface area (Å²) in [6.07, 6.45) is 0.356. The largest absolute Gasteiger partial charge is 0.496 e. The van der Waals surface area contributed by atoms with Crippen molar-refractivity contribution in [2.45, 2.75) is 20.3 Å². The van der Waals surface area contributed by atoms with Gasteiger partial charge in [-0.1, -0.05) is 30.3 Å². The number of methoxy groups -OCH3 is 1. The number of ether oxygens (including phenoxy) is 2. The lowest BCUT2D eigenvalue weighted by Crippen LogP contribution is -2.29. The van der Waals surface area contributed by atoms with E-state index in [0.29, 0.717) is 19.6 Å². The maximum absolute atomic E-state index is 12.0. The van der Waals surface area contributed by atoms with Gasteiger partial charge in [-0.3, -0.25) is 4.79 Å². The second-order valence-electron chi connectivity index (χ2n) is 5.44. The Hall–Kier alpha value is -2.49. The zero-order valence-corrected chi connectivity index (χ0v) is 13.9. The minimum Gasteiger partial charge on any atom is -0.496 e. The Balaban J connectivity index is 1.75. The van der Waals surface area contributed by atoms with Crippen molar-refractivity contribution in [3.05, 3.63) is 59.2 Å². The fourth-order valence-electron chi connectivity index (χ4n) is 2.37. The number of benzene rings is 2. The molecule has 4 nitrogen and oxygen atoms in total. The number of carbonyl (C=O) groups is 1. The van der Waals surface area contributed by atoms with Crippen molar-refractivity contribution in [2.75, 3.05) is 20.3 Å². The topological polar surface area (TPSA) is 47.6 Å². The number of rotatable bonds is 7. The Kier molecular flexibility index (Phi) is 6.03. The lowest BCUT2D eigenvalue weighted by Gasteiger charge is -2.10. The van der Waals surface area contributed by atoms with Gasteiger partial charge in [-0.2, -0.15) is 0 Å². The number of para-hydroxylation sites is 1. The molecular weight excluding hydrogens is 290 g/mol. The van der Waals surface area contributed by atoms with Crippen molar-refractivity contribution < 1.29 is 14.3 Å². The summed E-state index contributed by atoms with van der Waals surface area (Å²) in [7, 11) is 1.64. The molecule has 0 heterocycles. The third-order valence-electron chi connectivity index (χ3n) is 3.60. The maximum atomic E-state index is 12.0. The third-order valence-corrected chi connectivity index (χ3v) is 3.60. The second kappa shape index (κ2) is 8.22. The first-order valence-electron chi connectivity index (χ1n) is 7.69. The standard InChI is InChI=1S/C19H23NO3/c1-14-6-4-5-7-18(14)23-11-10-20-19(21)13-16-8-9-17(22-3)15(2)12-16/h4-9,12H,10-11,13H2,1-3H3,(H,20,21). The molecule has 0 spiro atoms. The van der Waals surface area contributed by atoms with Gasteiger partial charge in [0.1, 0.15) is 18.1 Å². The lowest BCUT2D eigenvalue weighted by atomic mass is 10.1. The summed E-state index contributed by atoms with van der Waals surface area (Å²) >= 11 is 0. The van der Waals surface area contributed by atoms with Crippen LogP contribution in [-0.4, -0.2) is 26.2 Å². The number of carbonyl (C=O) groups excluding carboxylic acids is 1. The van der Waals surface area contributed by atoms with Crippen molar-refractivity contribution in [3.63, 3.8) is 0 Å². The Morgan fingerprint density at radius 3 is 2.52 bits per heavy atom. The van der Waals surface area contributed by atoms with Gasteiger partial charge in [0.2, 0.25) is 5.91 Å². The highest BCUT2D eigenvalue weighted by Crippen LogP contribution is 2.18. The van der Waals surface area contributed by atoms with E-state index in [4.69, 9.17) is 9.47 Å². The van der Waals surface area contributed by atoms with Crippen molar-refractivity contribution in [1.82, 2.24) is 5.32 Å². The molecule has 4 heteroatoms. The van der Waals surface area contributed by atoms with Crippen LogP contribution in [0.2, 0.25) is 0 Å². The molecule has 0 bridgehead atoms. The molecule has 0 saturated carbocycles. The molecule has 0 aliphatic rings. The molecule has 1 amide bonds. The van der Waals surface area contributed by atoms with Gasteiger partial charge < -0.3 is 14.8 Å². The van der Waals surface area contributed by atoms with Crippen molar-refractivity contribution >= 4 is 5.91 Å². The van der Waals surface area contributed by atoms with Crippen LogP contribution in [0.3, 0.4) is 0 Å². The highest BCUT2D eigenvalue weighted by atomic mass is 16.5. The molecule has 2 rings (SSSR count). The minimum atomic E-state index is -0.0112. The second-order valence-corrected chi connectivity index (χ2v) is 5.44. The zero-order chi connectivity index (χ0) is 16.7. The van der Waals surface area contributed by atoms with Gasteiger partial charge >= 0.3 is 0 Å². The van der Waals surface area contributed by atoms with E-state index in [2.05, 4.69) is 5.32 Å². The Bertz CT molecular complexity index is 667. The van der Waals surface area contributed by atoms with Crippen LogP contribution in [0.1, 0.15) is 16.7 Å². The monoisotopic (exact) mass is 313 g/mol. The molecule has 0 aliphatic heterocycles. The van der Waals surface area contributed by atoms with E-state index in [1.807, 2.05) is 56.3 Å². The summed E-state index contributed by atoms with van der Waals surface area (Å²) in [6.45, 7) is 4.91. The van der Waals surface area contributed by atoms with Crippen LogP contribution in [0.5, 0.6) is 11.5 Å². The van der Waals surface area contributed by atoms with Gasteiger partial charge in [0.15, 0.2) is 0 Å². The first-order chi connectivity index (χ1) is 11.1. The summed E-state index contributed by atoms with van der Waals surface area (Å²) in [4.78, 5) is 12.0. The Morgan fingerprint density at radius 2 is 1.83 bits per heavy atom. The molecule has 2 aromatic rings. The Labute approximate surface area is 137 Å². The number of amides is 1. The first-order valence-corrected chi connectivity index (χ1v) is 7.69. The molecule has 0 aliphatic carbocycles. The average molecular weight is 313 g/mol. The molecule has 0 unspecified atom stereocenters. The van der Waals surface area contributed by atoms with Gasteiger partial charge in [-0.15, -0.1) is 0 Å². The van der Waals surface area contributed by atoms with E-state index in [1.54, 1.807) is 7.11 Å². The molecule has 122 valence electrons. The highest BCUT2D eigenvalue weighted by molar-refractivity contribution is 5.78. The molecule has 0 radical (unpaired) electrons. The maximum Gasteiger partial charge on any atom is 0.224 e. The van der Waals surface area contributed by atoms with E-state index in [-0.39, 0.29) is 5.91 Å². The first kappa shape index (κ1) is 16.9. The quantitative estimate of drug-likeness (QED) is 0.799. The molecule has 2 aromatic carbocycles. The van der Waals surface area contributed by atoms with Gasteiger partial charge in [0.05, 0.1) is 20.1 Å². The molecular formula is C19H23NO3.